The van der Waals surface area contributed by atoms with Gasteiger partial charge in [0.15, 0.2) is 0 Å². The average Bonchev–Trinajstić information content (AvgIpc) is 3.46. The van der Waals surface area contributed by atoms with Gasteiger partial charge in [-0.3, -0.25) is 14.3 Å². The van der Waals surface area contributed by atoms with Gasteiger partial charge in [-0.05, 0) is 43.7 Å². The van der Waals surface area contributed by atoms with Gasteiger partial charge in [-0.2, -0.15) is 0 Å². The number of nitrogens with one attached hydrogen (secondary N) is 1. The lowest BCUT2D eigenvalue weighted by atomic mass is 9.84. The number of aliphatic hydroxyl groups excluding tert-OH is 1. The fourth-order valence-corrected chi connectivity index (χ4v) is 6.33. The maximum Gasteiger partial charge on any atom is 0.328 e. The first kappa shape index (κ1) is 19.7. The molecule has 3 aliphatic rings. The van der Waals surface area contributed by atoms with Crippen molar-refractivity contribution in [2.75, 3.05) is 13.7 Å². The molecule has 0 aromatic carbocycles. The van der Waals surface area contributed by atoms with E-state index in [0.717, 1.165) is 47.4 Å². The van der Waals surface area contributed by atoms with E-state index in [-0.39, 0.29) is 29.8 Å². The number of thiophene rings is 1. The molecule has 0 radical (unpaired) electrons. The number of ether oxygens (including phenoxy) is 1. The summed E-state index contributed by atoms with van der Waals surface area (Å²) in [5.41, 5.74) is 6.11. The third-order valence-electron chi connectivity index (χ3n) is 6.50. The predicted molar refractivity (Wildman–Crippen MR) is 111 cm³/mol. The highest BCUT2D eigenvalue weighted by molar-refractivity contribution is 7.12. The molecular weight excluding hydrogens is 409 g/mol. The van der Waals surface area contributed by atoms with Crippen LogP contribution >= 0.6 is 11.3 Å². The fourth-order valence-electron chi connectivity index (χ4n) is 4.91. The summed E-state index contributed by atoms with van der Waals surface area (Å²) >= 11 is 1.50. The van der Waals surface area contributed by atoms with Crippen LogP contribution in [0.5, 0.6) is 0 Å². The quantitative estimate of drug-likeness (QED) is 0.686. The van der Waals surface area contributed by atoms with E-state index in [0.29, 0.717) is 5.69 Å². The van der Waals surface area contributed by atoms with E-state index >= 15 is 4.39 Å². The minimum atomic E-state index is -0.837. The summed E-state index contributed by atoms with van der Waals surface area (Å²) in [4.78, 5) is 29.3. The van der Waals surface area contributed by atoms with Crippen LogP contribution in [0.3, 0.4) is 0 Å². The number of hydrogen-bond donors (Lipinski definition) is 3. The summed E-state index contributed by atoms with van der Waals surface area (Å²) in [5, 5.41) is 9.75. The van der Waals surface area contributed by atoms with E-state index in [1.807, 2.05) is 6.07 Å². The number of aryl methyl sites for hydroxylation is 1. The van der Waals surface area contributed by atoms with Gasteiger partial charge < -0.3 is 15.6 Å². The van der Waals surface area contributed by atoms with Crippen molar-refractivity contribution in [3.8, 4) is 0 Å². The van der Waals surface area contributed by atoms with E-state index in [1.165, 1.54) is 23.0 Å². The Morgan fingerprint density at radius 1 is 1.37 bits per heavy atom. The van der Waals surface area contributed by atoms with Gasteiger partial charge in [0.2, 0.25) is 0 Å². The standard InChI is InChI=1S/C21H24FN3O4S/c1-29-19-14(13-7-11-9(8-26)3-2-4-12(11)30-13)16(22)17(23)15-18(19)25(10-5-6-10)21(28)24-20(15)27/h7,9-10,14,19,26H,2-6,8,23H2,1H3,(H,24,27,28). The highest BCUT2D eigenvalue weighted by atomic mass is 32.1. The van der Waals surface area contributed by atoms with Crippen molar-refractivity contribution in [1.29, 1.82) is 0 Å². The molecule has 5 rings (SSSR count). The fraction of sp³-hybridized carbons (Fsp3) is 0.524. The number of H-pyrrole nitrogens is 1. The van der Waals surface area contributed by atoms with Crippen molar-refractivity contribution in [3.05, 3.63) is 59.3 Å². The first-order valence-electron chi connectivity index (χ1n) is 10.3. The topological polar surface area (TPSA) is 110 Å². The zero-order chi connectivity index (χ0) is 21.2. The molecule has 1 saturated carbocycles. The summed E-state index contributed by atoms with van der Waals surface area (Å²) in [5.74, 6) is -1.39. The summed E-state index contributed by atoms with van der Waals surface area (Å²) in [6.07, 6.45) is 3.57. The lowest BCUT2D eigenvalue weighted by Crippen LogP contribution is -2.40. The summed E-state index contributed by atoms with van der Waals surface area (Å²) in [6.45, 7) is 0.0570. The molecule has 0 aliphatic heterocycles. The first-order valence-corrected chi connectivity index (χ1v) is 11.1. The van der Waals surface area contributed by atoms with Gasteiger partial charge in [0.05, 0.1) is 22.9 Å². The van der Waals surface area contributed by atoms with E-state index in [2.05, 4.69) is 4.98 Å². The molecular formula is C21H24FN3O4S. The molecule has 2 heterocycles. The monoisotopic (exact) mass is 433 g/mol. The Balaban J connectivity index is 1.72. The third kappa shape index (κ3) is 2.83. The minimum Gasteiger partial charge on any atom is -0.396 e. The molecule has 2 aromatic rings. The molecule has 0 saturated heterocycles. The normalized spacial score (nSPS) is 25.9. The molecule has 4 N–H and O–H groups in total. The minimum absolute atomic E-state index is 0.00310. The highest BCUT2D eigenvalue weighted by Gasteiger charge is 2.44. The Kier molecular flexibility index (Phi) is 4.72. The van der Waals surface area contributed by atoms with Crippen molar-refractivity contribution in [2.45, 2.75) is 56.1 Å². The van der Waals surface area contributed by atoms with E-state index in [4.69, 9.17) is 10.5 Å². The van der Waals surface area contributed by atoms with E-state index in [1.54, 1.807) is 0 Å². The van der Waals surface area contributed by atoms with Gasteiger partial charge in [0.1, 0.15) is 11.9 Å². The number of halogens is 1. The maximum absolute atomic E-state index is 15.6. The van der Waals surface area contributed by atoms with Crippen LogP contribution in [0, 0.1) is 0 Å². The number of aromatic amines is 1. The van der Waals surface area contributed by atoms with Gasteiger partial charge >= 0.3 is 5.69 Å². The second kappa shape index (κ2) is 7.18. The molecule has 3 unspecified atom stereocenters. The van der Waals surface area contributed by atoms with Crippen LogP contribution < -0.4 is 17.0 Å². The number of aromatic nitrogens is 2. The molecule has 0 amide bonds. The number of fused-ring (bicyclic) bond motifs is 2. The van der Waals surface area contributed by atoms with Crippen LogP contribution in [-0.4, -0.2) is 28.4 Å². The number of hydrogen-bond acceptors (Lipinski definition) is 6. The van der Waals surface area contributed by atoms with Gasteiger partial charge in [0, 0.05) is 35.4 Å². The number of nitrogens with two attached hydrogens (primary N) is 1. The largest absolute Gasteiger partial charge is 0.396 e. The molecule has 3 aliphatic carbocycles. The number of rotatable bonds is 4. The SMILES string of the molecule is COC1c2c(c(=O)[nH]c(=O)n2C2CC2)C(N)=C(F)C1c1cc2c(s1)CCCC2CO. The average molecular weight is 434 g/mol. The predicted octanol–water partition coefficient (Wildman–Crippen LogP) is 2.43. The molecule has 160 valence electrons. The molecule has 1 fully saturated rings. The van der Waals surface area contributed by atoms with Gasteiger partial charge in [-0.15, -0.1) is 11.3 Å². The van der Waals surface area contributed by atoms with Crippen LogP contribution in [0.4, 0.5) is 4.39 Å². The van der Waals surface area contributed by atoms with Gasteiger partial charge in [-0.1, -0.05) is 0 Å². The molecule has 9 heteroatoms. The number of aliphatic hydroxyl groups is 1. The van der Waals surface area contributed by atoms with Gasteiger partial charge in [0.25, 0.3) is 5.56 Å². The zero-order valence-corrected chi connectivity index (χ0v) is 17.4. The third-order valence-corrected chi connectivity index (χ3v) is 7.80. The van der Waals surface area contributed by atoms with Crippen LogP contribution in [0.15, 0.2) is 21.5 Å². The van der Waals surface area contributed by atoms with Crippen molar-refractivity contribution in [3.63, 3.8) is 0 Å². The van der Waals surface area contributed by atoms with Crippen molar-refractivity contribution < 1.29 is 14.2 Å². The van der Waals surface area contributed by atoms with Crippen molar-refractivity contribution in [2.24, 2.45) is 5.73 Å². The van der Waals surface area contributed by atoms with Crippen LogP contribution in [0.25, 0.3) is 5.70 Å². The van der Waals surface area contributed by atoms with Crippen LogP contribution in [0.1, 0.15) is 76.2 Å². The van der Waals surface area contributed by atoms with Crippen LogP contribution in [-0.2, 0) is 11.2 Å². The summed E-state index contributed by atoms with van der Waals surface area (Å²) < 4.78 is 22.9. The molecule has 30 heavy (non-hydrogen) atoms. The highest BCUT2D eigenvalue weighted by Crippen LogP contribution is 2.51. The summed E-state index contributed by atoms with van der Waals surface area (Å²) in [7, 11) is 1.46. The maximum atomic E-state index is 15.6. The van der Waals surface area contributed by atoms with Gasteiger partial charge in [-0.25, -0.2) is 9.18 Å². The molecule has 3 atom stereocenters. The lowest BCUT2D eigenvalue weighted by molar-refractivity contribution is 0.0727. The molecule has 0 spiro atoms. The second-order valence-corrected chi connectivity index (χ2v) is 9.48. The van der Waals surface area contributed by atoms with Crippen molar-refractivity contribution in [1.82, 2.24) is 9.55 Å². The number of methoxy groups -OCH3 is 1. The zero-order valence-electron chi connectivity index (χ0n) is 16.6. The summed E-state index contributed by atoms with van der Waals surface area (Å²) in [6, 6.07) is 1.91. The Hall–Kier alpha value is -2.23. The Morgan fingerprint density at radius 2 is 2.13 bits per heavy atom. The molecule has 2 aromatic heterocycles. The van der Waals surface area contributed by atoms with E-state index in [9.17, 15) is 14.7 Å². The van der Waals surface area contributed by atoms with Crippen molar-refractivity contribution >= 4 is 17.0 Å². The Morgan fingerprint density at radius 3 is 2.80 bits per heavy atom. The Labute approximate surface area is 176 Å². The van der Waals surface area contributed by atoms with Crippen LogP contribution in [0.2, 0.25) is 0 Å². The first-order chi connectivity index (χ1) is 14.5. The number of nitrogens with zero attached hydrogens (tertiary/aromatic N) is 1. The molecule has 0 bridgehead atoms. The van der Waals surface area contributed by atoms with E-state index < -0.39 is 29.1 Å². The lowest BCUT2D eigenvalue weighted by Gasteiger charge is -2.32. The Bertz CT molecular complexity index is 1160. The second-order valence-electron chi connectivity index (χ2n) is 8.32. The molecule has 7 nitrogen and oxygen atoms in total. The smallest absolute Gasteiger partial charge is 0.328 e.